The minimum Gasteiger partial charge on any atom is -0.253 e. The molecule has 0 N–H and O–H groups in total. The van der Waals surface area contributed by atoms with E-state index in [4.69, 9.17) is 0 Å². The van der Waals surface area contributed by atoms with Gasteiger partial charge in [0.15, 0.2) is 0 Å². The molecule has 3 rings (SSSR count). The standard InChI is InChI=1S/C12H12N/c1-3-7-11-9(5-1)10-6-2-4-8-12(10)13-11/h1,3,5,7H,2,4,6,8H2. The third kappa shape index (κ3) is 0.998. The molecule has 0 fully saturated rings. The van der Waals surface area contributed by atoms with E-state index in [1.54, 1.807) is 0 Å². The van der Waals surface area contributed by atoms with Gasteiger partial charge in [0, 0.05) is 11.3 Å². The van der Waals surface area contributed by atoms with Gasteiger partial charge in [-0.05, 0) is 37.3 Å². The molecule has 1 radical (unpaired) electrons. The zero-order chi connectivity index (χ0) is 8.67. The van der Waals surface area contributed by atoms with Gasteiger partial charge in [0.2, 0.25) is 0 Å². The van der Waals surface area contributed by atoms with Crippen LogP contribution in [0.15, 0.2) is 30.0 Å². The van der Waals surface area contributed by atoms with Crippen LogP contribution in [0.5, 0.6) is 0 Å². The van der Waals surface area contributed by atoms with Crippen molar-refractivity contribution in [2.24, 2.45) is 0 Å². The number of allylic oxidation sites excluding steroid dienone is 2. The van der Waals surface area contributed by atoms with Crippen molar-refractivity contribution in [2.75, 3.05) is 0 Å². The zero-order valence-electron chi connectivity index (χ0n) is 7.59. The molecule has 0 spiro atoms. The van der Waals surface area contributed by atoms with Crippen molar-refractivity contribution < 1.29 is 0 Å². The first-order valence-corrected chi connectivity index (χ1v) is 4.98. The maximum Gasteiger partial charge on any atom is 0.0708 e. The summed E-state index contributed by atoms with van der Waals surface area (Å²) >= 11 is 0. The molecule has 0 saturated carbocycles. The fourth-order valence-corrected chi connectivity index (χ4v) is 2.27. The summed E-state index contributed by atoms with van der Waals surface area (Å²) in [5.74, 6) is 0. The van der Waals surface area contributed by atoms with Crippen molar-refractivity contribution >= 4 is 11.3 Å². The maximum absolute atomic E-state index is 4.65. The second-order valence-corrected chi connectivity index (χ2v) is 3.76. The van der Waals surface area contributed by atoms with Gasteiger partial charge in [-0.15, -0.1) is 0 Å². The highest BCUT2D eigenvalue weighted by atomic mass is 14.9. The Labute approximate surface area is 78.5 Å². The molecule has 0 saturated heterocycles. The van der Waals surface area contributed by atoms with Gasteiger partial charge in [-0.2, -0.15) is 0 Å². The number of hydrogen-bond acceptors (Lipinski definition) is 0. The molecule has 1 aliphatic carbocycles. The quantitative estimate of drug-likeness (QED) is 0.567. The van der Waals surface area contributed by atoms with Crippen LogP contribution < -0.4 is 5.32 Å². The molecular weight excluding hydrogens is 158 g/mol. The summed E-state index contributed by atoms with van der Waals surface area (Å²) in [6, 6.07) is 8.50. The minimum atomic E-state index is 1.18. The largest absolute Gasteiger partial charge is 0.253 e. The molecule has 0 unspecified atom stereocenters. The molecule has 0 bridgehead atoms. The molecular formula is C12H12N. The summed E-state index contributed by atoms with van der Waals surface area (Å²) in [6.07, 6.45) is 5.07. The highest BCUT2D eigenvalue weighted by molar-refractivity contribution is 5.82. The van der Waals surface area contributed by atoms with Crippen LogP contribution in [0.4, 0.5) is 5.69 Å². The molecule has 2 aliphatic rings. The molecule has 65 valence electrons. The fraction of sp³-hybridized carbons (Fsp3) is 0.333. The fourth-order valence-electron chi connectivity index (χ4n) is 2.27. The molecule has 1 aromatic rings. The minimum absolute atomic E-state index is 1.18. The van der Waals surface area contributed by atoms with Gasteiger partial charge in [0.1, 0.15) is 0 Å². The first kappa shape index (κ1) is 7.19. The van der Waals surface area contributed by atoms with E-state index in [0.29, 0.717) is 0 Å². The van der Waals surface area contributed by atoms with E-state index in [1.165, 1.54) is 48.2 Å². The predicted octanol–water partition coefficient (Wildman–Crippen LogP) is 3.22. The van der Waals surface area contributed by atoms with Crippen LogP contribution in [-0.2, 0) is 0 Å². The normalized spacial score (nSPS) is 19.4. The Morgan fingerprint density at radius 1 is 1.00 bits per heavy atom. The van der Waals surface area contributed by atoms with Crippen LogP contribution in [0, 0.1) is 0 Å². The van der Waals surface area contributed by atoms with Gasteiger partial charge in [-0.25, -0.2) is 0 Å². The number of benzene rings is 1. The van der Waals surface area contributed by atoms with Crippen LogP contribution in [0.3, 0.4) is 0 Å². The second-order valence-electron chi connectivity index (χ2n) is 3.76. The lowest BCUT2D eigenvalue weighted by Crippen LogP contribution is -1.98. The Hall–Kier alpha value is -1.24. The number of hydrogen-bond donors (Lipinski definition) is 0. The van der Waals surface area contributed by atoms with E-state index in [2.05, 4.69) is 29.6 Å². The molecule has 1 aromatic carbocycles. The summed E-state index contributed by atoms with van der Waals surface area (Å²) in [4.78, 5) is 0. The van der Waals surface area contributed by atoms with Gasteiger partial charge in [-0.3, -0.25) is 5.32 Å². The highest BCUT2D eigenvalue weighted by Crippen LogP contribution is 2.41. The van der Waals surface area contributed by atoms with Crippen molar-refractivity contribution in [1.82, 2.24) is 5.32 Å². The van der Waals surface area contributed by atoms with E-state index in [0.717, 1.165) is 0 Å². The van der Waals surface area contributed by atoms with E-state index in [-0.39, 0.29) is 0 Å². The number of rotatable bonds is 0. The van der Waals surface area contributed by atoms with Crippen LogP contribution in [-0.4, -0.2) is 0 Å². The Morgan fingerprint density at radius 3 is 2.85 bits per heavy atom. The Bertz CT molecular complexity index is 376. The maximum atomic E-state index is 4.65. The summed E-state index contributed by atoms with van der Waals surface area (Å²) in [5.41, 5.74) is 5.45. The lowest BCUT2D eigenvalue weighted by atomic mass is 9.93. The van der Waals surface area contributed by atoms with E-state index < -0.39 is 0 Å². The average molecular weight is 170 g/mol. The Balaban J connectivity index is 2.12. The lowest BCUT2D eigenvalue weighted by molar-refractivity contribution is 0.697. The topological polar surface area (TPSA) is 14.1 Å². The Kier molecular flexibility index (Phi) is 1.45. The van der Waals surface area contributed by atoms with Crippen LogP contribution in [0.25, 0.3) is 5.57 Å². The van der Waals surface area contributed by atoms with Crippen LogP contribution in [0.1, 0.15) is 31.2 Å². The molecule has 1 heterocycles. The van der Waals surface area contributed by atoms with Crippen molar-refractivity contribution in [1.29, 1.82) is 0 Å². The van der Waals surface area contributed by atoms with Crippen molar-refractivity contribution in [3.8, 4) is 0 Å². The molecule has 1 heteroatoms. The van der Waals surface area contributed by atoms with Gasteiger partial charge in [-0.1, -0.05) is 18.2 Å². The molecule has 0 aromatic heterocycles. The van der Waals surface area contributed by atoms with E-state index in [9.17, 15) is 0 Å². The zero-order valence-corrected chi connectivity index (χ0v) is 7.59. The van der Waals surface area contributed by atoms with Crippen LogP contribution in [0.2, 0.25) is 0 Å². The van der Waals surface area contributed by atoms with Gasteiger partial charge >= 0.3 is 0 Å². The molecule has 0 atom stereocenters. The van der Waals surface area contributed by atoms with Gasteiger partial charge in [0.25, 0.3) is 0 Å². The third-order valence-electron chi connectivity index (χ3n) is 2.92. The summed E-state index contributed by atoms with van der Waals surface area (Å²) in [7, 11) is 0. The Morgan fingerprint density at radius 2 is 1.85 bits per heavy atom. The van der Waals surface area contributed by atoms with Gasteiger partial charge in [0.05, 0.1) is 5.69 Å². The van der Waals surface area contributed by atoms with E-state index >= 15 is 0 Å². The number of nitrogens with zero attached hydrogens (tertiary/aromatic N) is 1. The SMILES string of the molecule is c1ccc2c(c1)[N]C1=C2CCCC1. The second kappa shape index (κ2) is 2.63. The third-order valence-corrected chi connectivity index (χ3v) is 2.92. The van der Waals surface area contributed by atoms with Crippen molar-refractivity contribution in [3.63, 3.8) is 0 Å². The van der Waals surface area contributed by atoms with E-state index in [1.807, 2.05) is 0 Å². The lowest BCUT2D eigenvalue weighted by Gasteiger charge is -2.11. The highest BCUT2D eigenvalue weighted by Gasteiger charge is 2.23. The number of para-hydroxylation sites is 1. The average Bonchev–Trinajstić information content (AvgIpc) is 2.56. The predicted molar refractivity (Wildman–Crippen MR) is 53.6 cm³/mol. The summed E-state index contributed by atoms with van der Waals surface area (Å²) in [5, 5.41) is 4.65. The molecule has 0 amide bonds. The van der Waals surface area contributed by atoms with Crippen LogP contribution >= 0.6 is 0 Å². The van der Waals surface area contributed by atoms with Crippen molar-refractivity contribution in [2.45, 2.75) is 25.7 Å². The monoisotopic (exact) mass is 170 g/mol. The van der Waals surface area contributed by atoms with Crippen molar-refractivity contribution in [3.05, 3.63) is 35.5 Å². The molecule has 1 aliphatic heterocycles. The molecule has 1 nitrogen and oxygen atoms in total. The molecule has 13 heavy (non-hydrogen) atoms. The number of fused-ring (bicyclic) bond motifs is 2. The smallest absolute Gasteiger partial charge is 0.0708 e. The van der Waals surface area contributed by atoms with Gasteiger partial charge < -0.3 is 0 Å². The summed E-state index contributed by atoms with van der Waals surface area (Å²) < 4.78 is 0. The summed E-state index contributed by atoms with van der Waals surface area (Å²) in [6.45, 7) is 0. The first-order valence-electron chi connectivity index (χ1n) is 4.98. The first-order chi connectivity index (χ1) is 6.45.